The highest BCUT2D eigenvalue weighted by Crippen LogP contribution is 2.17. The van der Waals surface area contributed by atoms with E-state index in [1.54, 1.807) is 0 Å². The Kier molecular flexibility index (Phi) is 29.0. The molecule has 0 spiro atoms. The minimum Gasteiger partial charge on any atom is -0.461 e. The molecule has 2 unspecified atom stereocenters. The van der Waals surface area contributed by atoms with Crippen LogP contribution in [0, 0.1) is 0 Å². The Morgan fingerprint density at radius 1 is 0.435 bits per heavy atom. The predicted molar refractivity (Wildman–Crippen MR) is 195 cm³/mol. The van der Waals surface area contributed by atoms with Crippen LogP contribution in [0.25, 0.3) is 0 Å². The molecule has 0 saturated carbocycles. The average molecular weight is 651 g/mol. The lowest BCUT2D eigenvalue weighted by atomic mass is 10.1. The number of carbonyl (C=O) groups is 2. The highest BCUT2D eigenvalue weighted by Gasteiger charge is 2.25. The van der Waals surface area contributed by atoms with Crippen molar-refractivity contribution in [3.63, 3.8) is 0 Å². The van der Waals surface area contributed by atoms with Crippen LogP contribution in [0.5, 0.6) is 0 Å². The van der Waals surface area contributed by atoms with Gasteiger partial charge < -0.3 is 9.47 Å². The molecule has 0 aromatic heterocycles. The fraction of sp³-hybridized carbons (Fsp3) is 0.950. The number of unbranched alkanes of at least 4 members (excludes halogenated alkanes) is 18. The van der Waals surface area contributed by atoms with E-state index in [-0.39, 0.29) is 24.1 Å². The first-order valence-electron chi connectivity index (χ1n) is 20.4. The molecule has 1 saturated heterocycles. The Labute approximate surface area is 286 Å². The van der Waals surface area contributed by atoms with Gasteiger partial charge in [-0.2, -0.15) is 0 Å². The first-order valence-corrected chi connectivity index (χ1v) is 20.4. The Morgan fingerprint density at radius 3 is 1.04 bits per heavy atom. The van der Waals surface area contributed by atoms with E-state index in [0.717, 1.165) is 90.6 Å². The third kappa shape index (κ3) is 25.0. The maximum absolute atomic E-state index is 12.7. The molecule has 0 N–H and O–H groups in total. The molecule has 1 heterocycles. The van der Waals surface area contributed by atoms with E-state index in [0.29, 0.717) is 12.8 Å². The van der Waals surface area contributed by atoms with Crippen LogP contribution < -0.4 is 0 Å². The minimum absolute atomic E-state index is 0.000366. The van der Waals surface area contributed by atoms with Crippen LogP contribution in [0.1, 0.15) is 195 Å². The summed E-state index contributed by atoms with van der Waals surface area (Å²) in [6.07, 6.45) is 29.7. The van der Waals surface area contributed by atoms with Gasteiger partial charge in [0.2, 0.25) is 0 Å². The summed E-state index contributed by atoms with van der Waals surface area (Å²) in [5.74, 6) is -0.00772. The van der Waals surface area contributed by atoms with Crippen molar-refractivity contribution in [2.45, 2.75) is 207 Å². The molecule has 0 aliphatic carbocycles. The topological polar surface area (TPSA) is 59.1 Å². The molecule has 6 nitrogen and oxygen atoms in total. The number of hydrogen-bond acceptors (Lipinski definition) is 6. The van der Waals surface area contributed by atoms with E-state index in [9.17, 15) is 9.59 Å². The number of piperazine rings is 1. The van der Waals surface area contributed by atoms with Crippen molar-refractivity contribution in [3.8, 4) is 0 Å². The van der Waals surface area contributed by atoms with E-state index in [4.69, 9.17) is 9.47 Å². The first kappa shape index (κ1) is 42.9. The molecule has 0 amide bonds. The summed E-state index contributed by atoms with van der Waals surface area (Å²) in [4.78, 5) is 30.5. The van der Waals surface area contributed by atoms with Crippen molar-refractivity contribution in [2.75, 3.05) is 39.3 Å². The molecular formula is C40H78N2O4. The van der Waals surface area contributed by atoms with Gasteiger partial charge in [-0.05, 0) is 38.5 Å². The number of esters is 2. The summed E-state index contributed by atoms with van der Waals surface area (Å²) in [6, 6.07) is 0. The zero-order valence-electron chi connectivity index (χ0n) is 31.3. The minimum atomic E-state index is -0.00386. The van der Waals surface area contributed by atoms with Crippen molar-refractivity contribution in [2.24, 2.45) is 0 Å². The summed E-state index contributed by atoms with van der Waals surface area (Å²) < 4.78 is 12.2. The Balaban J connectivity index is 2.57. The molecule has 0 bridgehead atoms. The number of hydrogen-bond donors (Lipinski definition) is 0. The van der Waals surface area contributed by atoms with Crippen LogP contribution in [-0.4, -0.2) is 73.2 Å². The average Bonchev–Trinajstić information content (AvgIpc) is 3.05. The second-order valence-electron chi connectivity index (χ2n) is 14.3. The zero-order valence-corrected chi connectivity index (χ0v) is 31.3. The van der Waals surface area contributed by atoms with Crippen LogP contribution in [0.4, 0.5) is 0 Å². The molecule has 0 aromatic rings. The number of ether oxygens (including phenoxy) is 2. The van der Waals surface area contributed by atoms with Crippen molar-refractivity contribution < 1.29 is 19.1 Å². The lowest BCUT2D eigenvalue weighted by Crippen LogP contribution is -2.51. The van der Waals surface area contributed by atoms with Crippen molar-refractivity contribution in [3.05, 3.63) is 0 Å². The van der Waals surface area contributed by atoms with E-state index >= 15 is 0 Å². The molecule has 1 aliphatic rings. The molecule has 2 atom stereocenters. The fourth-order valence-electron chi connectivity index (χ4n) is 6.65. The van der Waals surface area contributed by atoms with E-state index in [2.05, 4.69) is 37.5 Å². The number of carbonyl (C=O) groups excluding carboxylic acids is 2. The van der Waals surface area contributed by atoms with Gasteiger partial charge >= 0.3 is 11.9 Å². The van der Waals surface area contributed by atoms with Crippen molar-refractivity contribution in [1.29, 1.82) is 0 Å². The Bertz CT molecular complexity index is 637. The maximum Gasteiger partial charge on any atom is 0.306 e. The summed E-state index contributed by atoms with van der Waals surface area (Å²) in [5.41, 5.74) is 0. The Hall–Kier alpha value is -1.14. The predicted octanol–water partition coefficient (Wildman–Crippen LogP) is 10.6. The zero-order chi connectivity index (χ0) is 33.5. The van der Waals surface area contributed by atoms with E-state index in [1.165, 1.54) is 103 Å². The van der Waals surface area contributed by atoms with Gasteiger partial charge in [-0.25, -0.2) is 0 Å². The first-order chi connectivity index (χ1) is 22.5. The van der Waals surface area contributed by atoms with Gasteiger partial charge in [-0.15, -0.1) is 0 Å². The monoisotopic (exact) mass is 651 g/mol. The summed E-state index contributed by atoms with van der Waals surface area (Å²) in [6.45, 7) is 14.6. The van der Waals surface area contributed by atoms with Gasteiger partial charge in [-0.3, -0.25) is 19.4 Å². The summed E-state index contributed by atoms with van der Waals surface area (Å²) in [5, 5.41) is 0. The third-order valence-corrected chi connectivity index (χ3v) is 9.71. The highest BCUT2D eigenvalue weighted by atomic mass is 16.5. The second kappa shape index (κ2) is 31.1. The van der Waals surface area contributed by atoms with Crippen LogP contribution in [-0.2, 0) is 19.1 Å². The molecule has 46 heavy (non-hydrogen) atoms. The summed E-state index contributed by atoms with van der Waals surface area (Å²) in [7, 11) is 0. The van der Waals surface area contributed by atoms with Crippen molar-refractivity contribution in [1.82, 2.24) is 9.80 Å². The highest BCUT2D eigenvalue weighted by molar-refractivity contribution is 5.69. The molecule has 1 fully saturated rings. The number of rotatable bonds is 32. The Morgan fingerprint density at radius 2 is 0.717 bits per heavy atom. The van der Waals surface area contributed by atoms with Gasteiger partial charge in [0, 0.05) is 52.1 Å². The second-order valence-corrected chi connectivity index (χ2v) is 14.3. The molecule has 1 rings (SSSR count). The molecule has 0 radical (unpaired) electrons. The van der Waals surface area contributed by atoms with Gasteiger partial charge in [0.05, 0.1) is 0 Å². The molecular weight excluding hydrogens is 572 g/mol. The van der Waals surface area contributed by atoms with Crippen LogP contribution in [0.2, 0.25) is 0 Å². The van der Waals surface area contributed by atoms with Gasteiger partial charge in [0.1, 0.15) is 12.2 Å². The smallest absolute Gasteiger partial charge is 0.306 e. The van der Waals surface area contributed by atoms with Crippen LogP contribution >= 0.6 is 0 Å². The van der Waals surface area contributed by atoms with Gasteiger partial charge in [0.25, 0.3) is 0 Å². The van der Waals surface area contributed by atoms with Crippen molar-refractivity contribution >= 4 is 11.9 Å². The standard InChI is InChI=1S/C40H78N2O4/c1-5-9-13-17-21-23-27-37(45-39(43)29-25-19-15-11-7-3)35-41-31-33-42(34-32-41)36-38(28-24-22-18-14-10-6-2)46-40(44)30-26-20-16-12-8-4/h37-38H,5-36H2,1-4H3. The van der Waals surface area contributed by atoms with Gasteiger partial charge in [-0.1, -0.05) is 143 Å². The van der Waals surface area contributed by atoms with E-state index in [1.807, 2.05) is 0 Å². The molecule has 1 aliphatic heterocycles. The maximum atomic E-state index is 12.7. The lowest BCUT2D eigenvalue weighted by molar-refractivity contribution is -0.152. The summed E-state index contributed by atoms with van der Waals surface area (Å²) >= 11 is 0. The molecule has 6 heteroatoms. The lowest BCUT2D eigenvalue weighted by Gasteiger charge is -2.37. The normalized spacial score (nSPS) is 15.6. The fourth-order valence-corrected chi connectivity index (χ4v) is 6.65. The van der Waals surface area contributed by atoms with E-state index < -0.39 is 0 Å². The largest absolute Gasteiger partial charge is 0.461 e. The molecule has 0 aromatic carbocycles. The quantitative estimate of drug-likeness (QED) is 0.0533. The molecule has 272 valence electrons. The third-order valence-electron chi connectivity index (χ3n) is 9.71. The van der Waals surface area contributed by atoms with Gasteiger partial charge in [0.15, 0.2) is 0 Å². The SMILES string of the molecule is CCCCCCCCC(CN1CCN(CC(CCCCCCCC)OC(=O)CCCCCCC)CC1)OC(=O)CCCCCCC. The number of nitrogens with zero attached hydrogens (tertiary/aromatic N) is 2. The van der Waals surface area contributed by atoms with Crippen LogP contribution in [0.3, 0.4) is 0 Å². The van der Waals surface area contributed by atoms with Crippen LogP contribution in [0.15, 0.2) is 0 Å².